The number of hydrogen-bond donors (Lipinski definition) is 1. The van der Waals surface area contributed by atoms with Gasteiger partial charge in [-0.25, -0.2) is 0 Å². The zero-order valence-electron chi connectivity index (χ0n) is 22.4. The van der Waals surface area contributed by atoms with Gasteiger partial charge in [-0.1, -0.05) is 122 Å². The second-order valence-electron chi connectivity index (χ2n) is 10.9. The molecule has 0 atom stereocenters. The summed E-state index contributed by atoms with van der Waals surface area (Å²) in [5.41, 5.74) is 15.8. The lowest BCUT2D eigenvalue weighted by Gasteiger charge is -2.30. The van der Waals surface area contributed by atoms with E-state index in [2.05, 4.69) is 128 Å². The smallest absolute Gasteiger partial charge is 0.115 e. The molecule has 6 aromatic carbocycles. The van der Waals surface area contributed by atoms with Crippen LogP contribution in [0.5, 0.6) is 5.75 Å². The highest BCUT2D eigenvalue weighted by molar-refractivity contribution is 5.97. The molecule has 0 bridgehead atoms. The summed E-state index contributed by atoms with van der Waals surface area (Å²) in [7, 11) is 0. The van der Waals surface area contributed by atoms with Crippen LogP contribution in [0.15, 0.2) is 133 Å². The highest BCUT2D eigenvalue weighted by Gasteiger charge is 2.51. The third-order valence-corrected chi connectivity index (χ3v) is 8.96. The van der Waals surface area contributed by atoms with Crippen molar-refractivity contribution >= 4 is 0 Å². The summed E-state index contributed by atoms with van der Waals surface area (Å²) >= 11 is 0. The molecular weight excluding hydrogens is 484 g/mol. The molecule has 1 N–H and O–H groups in total. The number of hydrogen-bond acceptors (Lipinski definition) is 1. The molecule has 2 aliphatic rings. The van der Waals surface area contributed by atoms with Crippen molar-refractivity contribution in [3.8, 4) is 50.3 Å². The van der Waals surface area contributed by atoms with Gasteiger partial charge >= 0.3 is 0 Å². The Morgan fingerprint density at radius 3 is 1.70 bits per heavy atom. The molecule has 0 fully saturated rings. The average Bonchev–Trinajstić information content (AvgIpc) is 3.47. The summed E-state index contributed by atoms with van der Waals surface area (Å²) in [6.45, 7) is 2.20. The van der Waals surface area contributed by atoms with Crippen molar-refractivity contribution in [2.45, 2.75) is 18.8 Å². The SMILES string of the molecule is CCc1cccc(-c2ccccc2-c2ccc3c(c2)-c2ccc(O)cc2C32c3ccccc3-c3ccccc32)c1. The molecule has 8 rings (SSSR count). The van der Waals surface area contributed by atoms with E-state index in [-0.39, 0.29) is 0 Å². The van der Waals surface area contributed by atoms with Crippen molar-refractivity contribution in [1.82, 2.24) is 0 Å². The first kappa shape index (κ1) is 23.0. The molecule has 40 heavy (non-hydrogen) atoms. The van der Waals surface area contributed by atoms with E-state index < -0.39 is 5.41 Å². The lowest BCUT2D eigenvalue weighted by atomic mass is 9.70. The highest BCUT2D eigenvalue weighted by atomic mass is 16.3. The minimum absolute atomic E-state index is 0.300. The maximum Gasteiger partial charge on any atom is 0.115 e. The zero-order chi connectivity index (χ0) is 26.8. The predicted molar refractivity (Wildman–Crippen MR) is 165 cm³/mol. The first-order valence-electron chi connectivity index (χ1n) is 14.1. The molecule has 0 amide bonds. The fraction of sp³-hybridized carbons (Fsp3) is 0.0769. The number of rotatable bonds is 3. The van der Waals surface area contributed by atoms with Gasteiger partial charge in [0.05, 0.1) is 5.41 Å². The third-order valence-electron chi connectivity index (χ3n) is 8.96. The van der Waals surface area contributed by atoms with Crippen molar-refractivity contribution in [2.24, 2.45) is 0 Å². The summed E-state index contributed by atoms with van der Waals surface area (Å²) in [5, 5.41) is 10.8. The van der Waals surface area contributed by atoms with Crippen LogP contribution in [-0.4, -0.2) is 5.11 Å². The summed E-state index contributed by atoms with van der Waals surface area (Å²) in [4.78, 5) is 0. The van der Waals surface area contributed by atoms with Crippen LogP contribution in [0.1, 0.15) is 34.7 Å². The van der Waals surface area contributed by atoms with Gasteiger partial charge in [0.25, 0.3) is 0 Å². The largest absolute Gasteiger partial charge is 0.508 e. The minimum atomic E-state index is -0.454. The predicted octanol–water partition coefficient (Wildman–Crippen LogP) is 9.63. The van der Waals surface area contributed by atoms with Crippen molar-refractivity contribution in [3.63, 3.8) is 0 Å². The zero-order valence-corrected chi connectivity index (χ0v) is 22.4. The van der Waals surface area contributed by atoms with Gasteiger partial charge in [0.15, 0.2) is 0 Å². The van der Waals surface area contributed by atoms with Crippen molar-refractivity contribution in [2.75, 3.05) is 0 Å². The lowest BCUT2D eigenvalue weighted by molar-refractivity contribution is 0.474. The van der Waals surface area contributed by atoms with E-state index in [1.807, 2.05) is 12.1 Å². The summed E-state index contributed by atoms with van der Waals surface area (Å²) in [6, 6.07) is 48.0. The second kappa shape index (κ2) is 8.56. The van der Waals surface area contributed by atoms with E-state index in [9.17, 15) is 5.11 Å². The molecule has 0 aromatic heterocycles. The molecule has 0 aliphatic heterocycles. The first-order chi connectivity index (χ1) is 19.7. The first-order valence-corrected chi connectivity index (χ1v) is 14.1. The molecule has 0 heterocycles. The molecule has 0 saturated heterocycles. The maximum absolute atomic E-state index is 10.8. The molecule has 6 aromatic rings. The van der Waals surface area contributed by atoms with Gasteiger partial charge in [0.1, 0.15) is 5.75 Å². The van der Waals surface area contributed by atoms with Gasteiger partial charge in [0, 0.05) is 0 Å². The Morgan fingerprint density at radius 2 is 1.02 bits per heavy atom. The fourth-order valence-electron chi connectivity index (χ4n) is 7.24. The standard InChI is InChI=1S/C39H28O/c1-2-25-10-9-11-26(22-25)29-12-3-4-13-30(29)27-18-21-37-34(23-27)33-20-19-28(40)24-38(33)39(37)35-16-7-5-14-31(35)32-15-6-8-17-36(32)39/h3-24,40H,2H2,1H3. The Morgan fingerprint density at radius 1 is 0.450 bits per heavy atom. The van der Waals surface area contributed by atoms with Crippen LogP contribution in [0.4, 0.5) is 0 Å². The number of fused-ring (bicyclic) bond motifs is 10. The summed E-state index contributed by atoms with van der Waals surface area (Å²) < 4.78 is 0. The van der Waals surface area contributed by atoms with E-state index in [4.69, 9.17) is 0 Å². The van der Waals surface area contributed by atoms with Crippen LogP contribution in [0.3, 0.4) is 0 Å². The maximum atomic E-state index is 10.8. The monoisotopic (exact) mass is 512 g/mol. The minimum Gasteiger partial charge on any atom is -0.508 e. The molecule has 0 saturated carbocycles. The molecule has 1 spiro atoms. The molecule has 190 valence electrons. The van der Waals surface area contributed by atoms with Gasteiger partial charge in [-0.3, -0.25) is 0 Å². The Labute approximate surface area is 235 Å². The molecule has 2 aliphatic carbocycles. The topological polar surface area (TPSA) is 20.2 Å². The Kier molecular flexibility index (Phi) is 4.93. The van der Waals surface area contributed by atoms with Gasteiger partial charge in [-0.15, -0.1) is 0 Å². The van der Waals surface area contributed by atoms with Crippen LogP contribution in [0, 0.1) is 0 Å². The Balaban J connectivity index is 1.41. The fourth-order valence-corrected chi connectivity index (χ4v) is 7.24. The van der Waals surface area contributed by atoms with Crippen molar-refractivity contribution in [1.29, 1.82) is 0 Å². The van der Waals surface area contributed by atoms with Gasteiger partial charge in [0.2, 0.25) is 0 Å². The van der Waals surface area contributed by atoms with E-state index in [0.717, 1.165) is 12.0 Å². The third kappa shape index (κ3) is 3.03. The van der Waals surface area contributed by atoms with Crippen LogP contribution < -0.4 is 0 Å². The molecular formula is C39H28O. The Bertz CT molecular complexity index is 1920. The molecule has 1 nitrogen and oxygen atoms in total. The van der Waals surface area contributed by atoms with Crippen molar-refractivity contribution < 1.29 is 5.11 Å². The second-order valence-corrected chi connectivity index (χ2v) is 10.9. The number of phenols is 1. The van der Waals surface area contributed by atoms with Crippen LogP contribution in [0.25, 0.3) is 44.5 Å². The molecule has 1 heteroatoms. The van der Waals surface area contributed by atoms with Gasteiger partial charge in [-0.2, -0.15) is 0 Å². The normalized spacial score (nSPS) is 13.5. The van der Waals surface area contributed by atoms with Crippen molar-refractivity contribution in [3.05, 3.63) is 161 Å². The van der Waals surface area contributed by atoms with Crippen LogP contribution in [0.2, 0.25) is 0 Å². The number of aryl methyl sites for hydroxylation is 1. The highest BCUT2D eigenvalue weighted by Crippen LogP contribution is 2.63. The average molecular weight is 513 g/mol. The molecule has 0 radical (unpaired) electrons. The van der Waals surface area contributed by atoms with Gasteiger partial charge in [-0.05, 0) is 96.9 Å². The lowest BCUT2D eigenvalue weighted by Crippen LogP contribution is -2.25. The summed E-state index contributed by atoms with van der Waals surface area (Å²) in [6.07, 6.45) is 1.02. The van der Waals surface area contributed by atoms with E-state index in [0.29, 0.717) is 5.75 Å². The number of aromatic hydroxyl groups is 1. The van der Waals surface area contributed by atoms with E-state index in [1.165, 1.54) is 66.8 Å². The summed E-state index contributed by atoms with van der Waals surface area (Å²) in [5.74, 6) is 0.300. The molecule has 0 unspecified atom stereocenters. The Hall–Kier alpha value is -4.88. The van der Waals surface area contributed by atoms with Crippen LogP contribution in [-0.2, 0) is 11.8 Å². The quantitative estimate of drug-likeness (QED) is 0.250. The van der Waals surface area contributed by atoms with Crippen LogP contribution >= 0.6 is 0 Å². The van der Waals surface area contributed by atoms with E-state index >= 15 is 0 Å². The number of phenolic OH excluding ortho intramolecular Hbond substituents is 1. The van der Waals surface area contributed by atoms with E-state index in [1.54, 1.807) is 0 Å². The number of benzene rings is 6. The van der Waals surface area contributed by atoms with Gasteiger partial charge < -0.3 is 5.11 Å².